The fraction of sp³-hybridized carbons (Fsp3) is 0.455. The summed E-state index contributed by atoms with van der Waals surface area (Å²) < 4.78 is 0. The number of carbonyl (C=O) groups is 2. The first-order valence-electron chi connectivity index (χ1n) is 5.11. The van der Waals surface area contributed by atoms with Crippen molar-refractivity contribution in [2.24, 2.45) is 0 Å². The molecule has 0 bridgehead atoms. The number of Topliss-reactive ketones (excluding diaryl/α,β-unsaturated/α-hetero) is 1. The zero-order chi connectivity index (χ0) is 12.3. The minimum atomic E-state index is -0.366. The van der Waals surface area contributed by atoms with Crippen molar-refractivity contribution in [1.29, 1.82) is 0 Å². The van der Waals surface area contributed by atoms with Crippen LogP contribution in [0.25, 0.3) is 0 Å². The Bertz CT molecular complexity index is 421. The molecule has 0 saturated carbocycles. The van der Waals surface area contributed by atoms with Gasteiger partial charge in [0.05, 0.1) is 6.61 Å². The van der Waals surface area contributed by atoms with Crippen molar-refractivity contribution in [3.05, 3.63) is 22.5 Å². The van der Waals surface area contributed by atoms with Crippen molar-refractivity contribution in [2.75, 3.05) is 6.61 Å². The molecule has 0 aliphatic rings. The number of H-pyrrole nitrogens is 1. The topological polar surface area (TPSA) is 71.2 Å². The van der Waals surface area contributed by atoms with Gasteiger partial charge in [-0.2, -0.15) is 0 Å². The fourth-order valence-corrected chi connectivity index (χ4v) is 1.69. The van der Waals surface area contributed by atoms with Gasteiger partial charge in [0.1, 0.15) is 5.69 Å². The molecule has 0 aliphatic heterocycles. The van der Waals surface area contributed by atoms with E-state index in [0.717, 1.165) is 0 Å². The molecule has 2 N–H and O–H groups in total. The van der Waals surface area contributed by atoms with E-state index in [1.165, 1.54) is 6.92 Å². The first-order chi connectivity index (χ1) is 7.49. The minimum absolute atomic E-state index is 0.0540. The fourth-order valence-electron chi connectivity index (χ4n) is 1.69. The van der Waals surface area contributed by atoms with Gasteiger partial charge in [-0.05, 0) is 33.3 Å². The van der Waals surface area contributed by atoms with E-state index in [1.54, 1.807) is 20.8 Å². The highest BCUT2D eigenvalue weighted by Crippen LogP contribution is 2.18. The summed E-state index contributed by atoms with van der Waals surface area (Å²) in [5, 5.41) is 0. The van der Waals surface area contributed by atoms with Crippen LogP contribution in [-0.4, -0.2) is 23.3 Å². The van der Waals surface area contributed by atoms with Gasteiger partial charge in [-0.1, -0.05) is 0 Å². The normalized spacial score (nSPS) is 10.2. The molecular weight excluding hydrogens is 208 g/mol. The van der Waals surface area contributed by atoms with Crippen LogP contribution in [-0.2, 0) is 4.84 Å². The largest absolute Gasteiger partial charge is 0.354 e. The van der Waals surface area contributed by atoms with E-state index in [9.17, 15) is 9.59 Å². The highest BCUT2D eigenvalue weighted by Gasteiger charge is 2.19. The molecule has 1 amide bonds. The molecular formula is C11H16N2O3. The summed E-state index contributed by atoms with van der Waals surface area (Å²) in [4.78, 5) is 30.7. The van der Waals surface area contributed by atoms with E-state index < -0.39 is 0 Å². The van der Waals surface area contributed by atoms with Crippen molar-refractivity contribution in [1.82, 2.24) is 10.5 Å². The molecule has 5 heteroatoms. The summed E-state index contributed by atoms with van der Waals surface area (Å²) in [5.74, 6) is -0.420. The second-order valence-electron chi connectivity index (χ2n) is 3.55. The van der Waals surface area contributed by atoms with Gasteiger partial charge >= 0.3 is 0 Å². The molecule has 0 unspecified atom stereocenters. The molecule has 0 spiro atoms. The Morgan fingerprint density at radius 2 is 2.00 bits per heavy atom. The zero-order valence-corrected chi connectivity index (χ0v) is 9.93. The molecule has 1 rings (SSSR count). The maximum Gasteiger partial charge on any atom is 0.291 e. The number of amides is 1. The lowest BCUT2D eigenvalue weighted by Gasteiger charge is -2.02. The van der Waals surface area contributed by atoms with Crippen molar-refractivity contribution < 1.29 is 14.4 Å². The summed E-state index contributed by atoms with van der Waals surface area (Å²) in [5.41, 5.74) is 4.59. The van der Waals surface area contributed by atoms with Crippen molar-refractivity contribution in [3.8, 4) is 0 Å². The summed E-state index contributed by atoms with van der Waals surface area (Å²) in [6.45, 7) is 7.15. The molecule has 1 heterocycles. The number of nitrogens with one attached hydrogen (secondary N) is 2. The molecule has 0 saturated heterocycles. The van der Waals surface area contributed by atoms with E-state index in [1.807, 2.05) is 0 Å². The number of hydrogen-bond acceptors (Lipinski definition) is 3. The zero-order valence-electron chi connectivity index (χ0n) is 9.93. The van der Waals surface area contributed by atoms with E-state index in [4.69, 9.17) is 4.84 Å². The van der Waals surface area contributed by atoms with Crippen LogP contribution in [0, 0.1) is 13.8 Å². The smallest absolute Gasteiger partial charge is 0.291 e. The van der Waals surface area contributed by atoms with Crippen LogP contribution >= 0.6 is 0 Å². The third kappa shape index (κ3) is 2.30. The first-order valence-corrected chi connectivity index (χ1v) is 5.11. The van der Waals surface area contributed by atoms with Crippen LogP contribution in [0.5, 0.6) is 0 Å². The Hall–Kier alpha value is -1.62. The molecule has 16 heavy (non-hydrogen) atoms. The maximum atomic E-state index is 11.6. The van der Waals surface area contributed by atoms with Gasteiger partial charge in [-0.15, -0.1) is 0 Å². The predicted molar refractivity (Wildman–Crippen MR) is 59.4 cm³/mol. The second-order valence-corrected chi connectivity index (χ2v) is 3.55. The van der Waals surface area contributed by atoms with Gasteiger partial charge in [0, 0.05) is 11.3 Å². The lowest BCUT2D eigenvalue weighted by molar-refractivity contribution is 0.0360. The highest BCUT2D eigenvalue weighted by molar-refractivity contribution is 6.02. The third-order valence-corrected chi connectivity index (χ3v) is 2.33. The average molecular weight is 224 g/mol. The van der Waals surface area contributed by atoms with Crippen LogP contribution in [0.1, 0.15) is 46.0 Å². The molecule has 0 atom stereocenters. The predicted octanol–water partition coefficient (Wildman–Crippen LogP) is 1.52. The molecule has 1 aromatic rings. The number of aromatic amines is 1. The summed E-state index contributed by atoms with van der Waals surface area (Å²) >= 11 is 0. The van der Waals surface area contributed by atoms with Crippen LogP contribution in [0.15, 0.2) is 0 Å². The number of aryl methyl sites for hydroxylation is 1. The monoisotopic (exact) mass is 224 g/mol. The van der Waals surface area contributed by atoms with Gasteiger partial charge in [-0.25, -0.2) is 5.48 Å². The summed E-state index contributed by atoms with van der Waals surface area (Å²) in [6.07, 6.45) is 0. The standard InChI is InChI=1S/C11H16N2O3/c1-5-16-13-11(15)10-6(2)9(8(4)14)7(3)12-10/h12H,5H2,1-4H3,(H,13,15). The Kier molecular flexibility index (Phi) is 3.84. The molecule has 0 radical (unpaired) electrons. The Morgan fingerprint density at radius 3 is 2.44 bits per heavy atom. The van der Waals surface area contributed by atoms with Gasteiger partial charge < -0.3 is 4.98 Å². The molecule has 5 nitrogen and oxygen atoms in total. The number of ketones is 1. The van der Waals surface area contributed by atoms with Crippen LogP contribution in [0.2, 0.25) is 0 Å². The van der Waals surface area contributed by atoms with Crippen LogP contribution in [0.3, 0.4) is 0 Å². The lowest BCUT2D eigenvalue weighted by Crippen LogP contribution is -2.24. The highest BCUT2D eigenvalue weighted by atomic mass is 16.6. The number of carbonyl (C=O) groups excluding carboxylic acids is 2. The number of aromatic nitrogens is 1. The molecule has 0 fully saturated rings. The van der Waals surface area contributed by atoms with E-state index in [2.05, 4.69) is 10.5 Å². The average Bonchev–Trinajstić information content (AvgIpc) is 2.50. The molecule has 0 aliphatic carbocycles. The van der Waals surface area contributed by atoms with Crippen LogP contribution < -0.4 is 5.48 Å². The van der Waals surface area contributed by atoms with Crippen molar-refractivity contribution in [2.45, 2.75) is 27.7 Å². The van der Waals surface area contributed by atoms with Gasteiger partial charge in [0.25, 0.3) is 5.91 Å². The first kappa shape index (κ1) is 12.4. The molecule has 0 aromatic carbocycles. The number of rotatable bonds is 4. The molecule has 1 aromatic heterocycles. The number of hydroxylamine groups is 1. The second kappa shape index (κ2) is 4.94. The summed E-state index contributed by atoms with van der Waals surface area (Å²) in [7, 11) is 0. The van der Waals surface area contributed by atoms with E-state index >= 15 is 0 Å². The minimum Gasteiger partial charge on any atom is -0.354 e. The van der Waals surface area contributed by atoms with Gasteiger partial charge in [-0.3, -0.25) is 14.4 Å². The van der Waals surface area contributed by atoms with Crippen molar-refractivity contribution in [3.63, 3.8) is 0 Å². The maximum absolute atomic E-state index is 11.6. The summed E-state index contributed by atoms with van der Waals surface area (Å²) in [6, 6.07) is 0. The Balaban J connectivity index is 3.03. The van der Waals surface area contributed by atoms with Crippen molar-refractivity contribution >= 4 is 11.7 Å². The van der Waals surface area contributed by atoms with Gasteiger partial charge in [0.15, 0.2) is 5.78 Å². The Morgan fingerprint density at radius 1 is 1.38 bits per heavy atom. The van der Waals surface area contributed by atoms with Gasteiger partial charge in [0.2, 0.25) is 0 Å². The molecule has 88 valence electrons. The SMILES string of the molecule is CCONC(=O)c1[nH]c(C)c(C(C)=O)c1C. The lowest BCUT2D eigenvalue weighted by atomic mass is 10.1. The quantitative estimate of drug-likeness (QED) is 0.601. The Labute approximate surface area is 94.1 Å². The number of hydrogen-bond donors (Lipinski definition) is 2. The van der Waals surface area contributed by atoms with E-state index in [0.29, 0.717) is 29.1 Å². The van der Waals surface area contributed by atoms with E-state index in [-0.39, 0.29) is 11.7 Å². The van der Waals surface area contributed by atoms with Crippen LogP contribution in [0.4, 0.5) is 0 Å². The third-order valence-electron chi connectivity index (χ3n) is 2.33.